The minimum Gasteiger partial charge on any atom is -0.355 e. The molecule has 0 spiro atoms. The number of para-hydroxylation sites is 1. The molecule has 0 radical (unpaired) electrons. The smallest absolute Gasteiger partial charge is 0.262 e. The van der Waals surface area contributed by atoms with Crippen LogP contribution >= 0.6 is 11.8 Å². The molecule has 3 N–H and O–H groups in total. The molecule has 1 aromatic heterocycles. The summed E-state index contributed by atoms with van der Waals surface area (Å²) in [6.45, 7) is 0.411. The van der Waals surface area contributed by atoms with E-state index in [1.807, 2.05) is 18.2 Å². The molecule has 2 aromatic carbocycles. The Bertz CT molecular complexity index is 1310. The maximum Gasteiger partial charge on any atom is 0.262 e. The number of aromatic nitrogens is 2. The first-order valence-electron chi connectivity index (χ1n) is 10.9. The average Bonchev–Trinajstić information content (AvgIpc) is 3.32. The largest absolute Gasteiger partial charge is 0.355 e. The quantitative estimate of drug-likeness (QED) is 0.373. The molecule has 0 unspecified atom stereocenters. The minimum absolute atomic E-state index is 0.0432. The van der Waals surface area contributed by atoms with Gasteiger partial charge >= 0.3 is 0 Å². The maximum absolute atomic E-state index is 13.2. The summed E-state index contributed by atoms with van der Waals surface area (Å²) in [6.07, 6.45) is 4.63. The van der Waals surface area contributed by atoms with Crippen molar-refractivity contribution in [3.63, 3.8) is 0 Å². The van der Waals surface area contributed by atoms with Gasteiger partial charge in [-0.25, -0.2) is 18.5 Å². The number of thioether (sulfide) groups is 1. The van der Waals surface area contributed by atoms with Gasteiger partial charge in [-0.1, -0.05) is 48.9 Å². The van der Waals surface area contributed by atoms with Crippen molar-refractivity contribution in [2.75, 3.05) is 12.3 Å². The van der Waals surface area contributed by atoms with Gasteiger partial charge in [0.1, 0.15) is 0 Å². The Labute approximate surface area is 196 Å². The lowest BCUT2D eigenvalue weighted by Gasteiger charge is -2.18. The third-order valence-electron chi connectivity index (χ3n) is 5.79. The Morgan fingerprint density at radius 1 is 1.12 bits per heavy atom. The molecule has 0 atom stereocenters. The summed E-state index contributed by atoms with van der Waals surface area (Å²) in [5, 5.41) is 9.16. The highest BCUT2D eigenvalue weighted by Crippen LogP contribution is 2.32. The van der Waals surface area contributed by atoms with E-state index in [1.54, 1.807) is 22.8 Å². The van der Waals surface area contributed by atoms with E-state index in [0.29, 0.717) is 29.0 Å². The van der Waals surface area contributed by atoms with Crippen LogP contribution in [-0.2, 0) is 21.2 Å². The summed E-state index contributed by atoms with van der Waals surface area (Å²) in [4.78, 5) is 30.3. The molecule has 4 rings (SSSR count). The number of carbonyl (C=O) groups is 1. The molecule has 0 aliphatic heterocycles. The monoisotopic (exact) mass is 486 g/mol. The molecule has 10 heteroatoms. The molecule has 1 heterocycles. The zero-order chi connectivity index (χ0) is 23.4. The molecule has 1 aliphatic rings. The van der Waals surface area contributed by atoms with Crippen LogP contribution in [0.2, 0.25) is 0 Å². The number of fused-ring (bicyclic) bond motifs is 1. The fraction of sp³-hybridized carbons (Fsp3) is 0.348. The highest BCUT2D eigenvalue weighted by atomic mass is 32.2. The molecule has 1 saturated carbocycles. The Morgan fingerprint density at radius 3 is 2.52 bits per heavy atom. The third-order valence-corrected chi connectivity index (χ3v) is 7.67. The summed E-state index contributed by atoms with van der Waals surface area (Å²) in [7, 11) is -3.72. The number of hydrogen-bond donors (Lipinski definition) is 2. The molecule has 0 bridgehead atoms. The van der Waals surface area contributed by atoms with Crippen LogP contribution in [0.5, 0.6) is 0 Å². The number of benzene rings is 2. The molecule has 0 saturated heterocycles. The average molecular weight is 487 g/mol. The number of hydrogen-bond acceptors (Lipinski definition) is 6. The first-order valence-corrected chi connectivity index (χ1v) is 13.4. The molecule has 1 fully saturated rings. The number of amides is 1. The summed E-state index contributed by atoms with van der Waals surface area (Å²) in [5.41, 5.74) is 1.49. The first-order chi connectivity index (χ1) is 15.8. The van der Waals surface area contributed by atoms with Gasteiger partial charge in [0.25, 0.3) is 5.56 Å². The van der Waals surface area contributed by atoms with Crippen LogP contribution in [0, 0.1) is 0 Å². The molecular formula is C23H26N4O4S2. The standard InChI is InChI=1S/C23H26N4O4S2/c24-33(30,31)18-11-9-16(10-12-18)13-14-25-21(28)15-32-23-26-20-8-4-3-7-19(20)22(29)27(23)17-5-1-2-6-17/h3-4,7-12,17H,1-2,5-6,13-15H2,(H,25,28)(H2,24,30,31). The Hall–Kier alpha value is -2.69. The fourth-order valence-corrected chi connectivity index (χ4v) is 5.50. The van der Waals surface area contributed by atoms with Crippen LogP contribution in [0.15, 0.2) is 63.4 Å². The fourth-order valence-electron chi connectivity index (χ4n) is 4.08. The number of sulfonamides is 1. The van der Waals surface area contributed by atoms with Gasteiger partial charge in [0.05, 0.1) is 21.6 Å². The van der Waals surface area contributed by atoms with Crippen molar-refractivity contribution >= 4 is 38.6 Å². The van der Waals surface area contributed by atoms with E-state index < -0.39 is 10.0 Å². The second kappa shape index (κ2) is 10.1. The molecule has 1 aliphatic carbocycles. The summed E-state index contributed by atoms with van der Waals surface area (Å²) in [5.74, 6) is 0.00326. The van der Waals surface area contributed by atoms with Crippen molar-refractivity contribution in [2.45, 2.75) is 48.2 Å². The number of rotatable bonds is 8. The van der Waals surface area contributed by atoms with Crippen molar-refractivity contribution in [3.05, 3.63) is 64.4 Å². The van der Waals surface area contributed by atoms with Gasteiger partial charge in [0.2, 0.25) is 15.9 Å². The molecule has 1 amide bonds. The van der Waals surface area contributed by atoms with Gasteiger partial charge in [-0.05, 0) is 49.1 Å². The van der Waals surface area contributed by atoms with Crippen molar-refractivity contribution in [1.82, 2.24) is 14.9 Å². The molecular weight excluding hydrogens is 460 g/mol. The zero-order valence-corrected chi connectivity index (χ0v) is 19.7. The van der Waals surface area contributed by atoms with E-state index >= 15 is 0 Å². The van der Waals surface area contributed by atoms with Crippen molar-refractivity contribution < 1.29 is 13.2 Å². The maximum atomic E-state index is 13.2. The van der Waals surface area contributed by atoms with Gasteiger partial charge < -0.3 is 5.32 Å². The van der Waals surface area contributed by atoms with Crippen LogP contribution in [0.1, 0.15) is 37.3 Å². The van der Waals surface area contributed by atoms with E-state index in [1.165, 1.54) is 23.9 Å². The summed E-state index contributed by atoms with van der Waals surface area (Å²) >= 11 is 1.28. The predicted octanol–water partition coefficient (Wildman–Crippen LogP) is 2.61. The second-order valence-corrected chi connectivity index (χ2v) is 10.6. The normalized spacial score (nSPS) is 14.6. The molecule has 8 nitrogen and oxygen atoms in total. The van der Waals surface area contributed by atoms with Gasteiger partial charge in [0.15, 0.2) is 5.16 Å². The van der Waals surface area contributed by atoms with E-state index in [-0.39, 0.29) is 28.2 Å². The number of nitrogens with one attached hydrogen (secondary N) is 1. The van der Waals surface area contributed by atoms with Crippen molar-refractivity contribution in [1.29, 1.82) is 0 Å². The van der Waals surface area contributed by atoms with Crippen LogP contribution in [0.3, 0.4) is 0 Å². The van der Waals surface area contributed by atoms with E-state index in [2.05, 4.69) is 5.32 Å². The van der Waals surface area contributed by atoms with Gasteiger partial charge in [-0.2, -0.15) is 0 Å². The first kappa shape index (κ1) is 23.5. The topological polar surface area (TPSA) is 124 Å². The SMILES string of the molecule is NS(=O)(=O)c1ccc(CCNC(=O)CSc2nc3ccccc3c(=O)n2C2CCCC2)cc1. The van der Waals surface area contributed by atoms with Gasteiger partial charge in [-0.15, -0.1) is 0 Å². The zero-order valence-electron chi connectivity index (χ0n) is 18.1. The van der Waals surface area contributed by atoms with Crippen molar-refractivity contribution in [3.8, 4) is 0 Å². The lowest BCUT2D eigenvalue weighted by atomic mass is 10.1. The number of nitrogens with two attached hydrogens (primary N) is 1. The third kappa shape index (κ3) is 5.63. The Morgan fingerprint density at radius 2 is 1.82 bits per heavy atom. The Kier molecular flexibility index (Phi) is 7.16. The lowest BCUT2D eigenvalue weighted by molar-refractivity contribution is -0.118. The summed E-state index contributed by atoms with van der Waals surface area (Å²) in [6, 6.07) is 13.7. The highest BCUT2D eigenvalue weighted by Gasteiger charge is 2.23. The molecule has 3 aromatic rings. The second-order valence-electron chi connectivity index (χ2n) is 8.10. The van der Waals surface area contributed by atoms with Crippen LogP contribution in [-0.4, -0.2) is 36.2 Å². The highest BCUT2D eigenvalue weighted by molar-refractivity contribution is 7.99. The molecule has 33 heavy (non-hydrogen) atoms. The van der Waals surface area contributed by atoms with Gasteiger partial charge in [0, 0.05) is 12.6 Å². The van der Waals surface area contributed by atoms with E-state index in [4.69, 9.17) is 10.1 Å². The number of carbonyl (C=O) groups excluding carboxylic acids is 1. The Balaban J connectivity index is 1.39. The van der Waals surface area contributed by atoms with E-state index in [0.717, 1.165) is 31.2 Å². The van der Waals surface area contributed by atoms with E-state index in [9.17, 15) is 18.0 Å². The molecule has 174 valence electrons. The van der Waals surface area contributed by atoms with Crippen LogP contribution < -0.4 is 16.0 Å². The number of nitrogens with zero attached hydrogens (tertiary/aromatic N) is 2. The predicted molar refractivity (Wildman–Crippen MR) is 129 cm³/mol. The minimum atomic E-state index is -3.72. The number of primary sulfonamides is 1. The van der Waals surface area contributed by atoms with Crippen molar-refractivity contribution in [2.24, 2.45) is 5.14 Å². The summed E-state index contributed by atoms with van der Waals surface area (Å²) < 4.78 is 24.4. The van der Waals surface area contributed by atoms with Crippen LogP contribution in [0.4, 0.5) is 0 Å². The van der Waals surface area contributed by atoms with Crippen LogP contribution in [0.25, 0.3) is 10.9 Å². The lowest BCUT2D eigenvalue weighted by Crippen LogP contribution is -2.29. The van der Waals surface area contributed by atoms with Gasteiger partial charge in [-0.3, -0.25) is 14.2 Å².